The smallest absolute Gasteiger partial charge is 0.312 e. The second-order valence-electron chi connectivity index (χ2n) is 7.30. The minimum absolute atomic E-state index is 0.0698. The molecule has 0 spiro atoms. The average Bonchev–Trinajstić information content (AvgIpc) is 3.01. The van der Waals surface area contributed by atoms with Gasteiger partial charge < -0.3 is 10.3 Å². The maximum atomic E-state index is 14.0. The van der Waals surface area contributed by atoms with E-state index in [1.165, 1.54) is 6.07 Å². The number of para-hydroxylation sites is 2. The van der Waals surface area contributed by atoms with E-state index in [-0.39, 0.29) is 11.5 Å². The van der Waals surface area contributed by atoms with Crippen LogP contribution in [0.5, 0.6) is 0 Å². The molecule has 0 unspecified atom stereocenters. The molecule has 0 radical (unpaired) electrons. The van der Waals surface area contributed by atoms with Crippen molar-refractivity contribution in [3.05, 3.63) is 69.4 Å². The quantitative estimate of drug-likeness (QED) is 0.664. The molecule has 4 rings (SSSR count). The van der Waals surface area contributed by atoms with Crippen molar-refractivity contribution in [2.75, 3.05) is 19.6 Å². The Morgan fingerprint density at radius 2 is 1.93 bits per heavy atom. The van der Waals surface area contributed by atoms with E-state index >= 15 is 0 Å². The van der Waals surface area contributed by atoms with Crippen LogP contribution in [-0.4, -0.2) is 40.1 Å². The molecule has 0 aliphatic carbocycles. The number of halogens is 2. The van der Waals surface area contributed by atoms with E-state index in [1.807, 2.05) is 24.3 Å². The van der Waals surface area contributed by atoms with E-state index < -0.39 is 0 Å². The second-order valence-corrected chi connectivity index (χ2v) is 7.71. The Morgan fingerprint density at radius 3 is 2.71 bits per heavy atom. The highest BCUT2D eigenvalue weighted by atomic mass is 35.5. The molecule has 2 aromatic carbocycles. The molecule has 28 heavy (non-hydrogen) atoms. The zero-order chi connectivity index (χ0) is 19.5. The van der Waals surface area contributed by atoms with E-state index in [1.54, 1.807) is 16.7 Å². The predicted octanol–water partition coefficient (Wildman–Crippen LogP) is 3.38. The summed E-state index contributed by atoms with van der Waals surface area (Å²) in [6, 6.07) is 13.0. The van der Waals surface area contributed by atoms with Gasteiger partial charge in [0.1, 0.15) is 5.82 Å². The monoisotopic (exact) mass is 402 g/mol. The van der Waals surface area contributed by atoms with Crippen molar-refractivity contribution in [3.8, 4) is 0 Å². The lowest BCUT2D eigenvalue weighted by Crippen LogP contribution is -2.43. The Morgan fingerprint density at radius 1 is 1.14 bits per heavy atom. The molecule has 5 nitrogen and oxygen atoms in total. The van der Waals surface area contributed by atoms with Gasteiger partial charge in [-0.2, -0.15) is 0 Å². The van der Waals surface area contributed by atoms with Gasteiger partial charge in [0.25, 0.3) is 0 Å². The molecule has 2 heterocycles. The number of aromatic nitrogens is 2. The Kier molecular flexibility index (Phi) is 5.80. The molecule has 0 saturated carbocycles. The van der Waals surface area contributed by atoms with Crippen LogP contribution in [0.15, 0.2) is 47.3 Å². The summed E-state index contributed by atoms with van der Waals surface area (Å²) in [5.41, 5.74) is 2.31. The van der Waals surface area contributed by atoms with Crippen LogP contribution in [0.3, 0.4) is 0 Å². The van der Waals surface area contributed by atoms with Gasteiger partial charge >= 0.3 is 5.69 Å². The number of piperidine rings is 1. The average molecular weight is 403 g/mol. The van der Waals surface area contributed by atoms with E-state index in [4.69, 9.17) is 11.6 Å². The van der Waals surface area contributed by atoms with E-state index in [0.29, 0.717) is 29.7 Å². The van der Waals surface area contributed by atoms with Crippen molar-refractivity contribution >= 4 is 22.6 Å². The van der Waals surface area contributed by atoms with Crippen molar-refractivity contribution in [2.45, 2.75) is 32.0 Å². The molecular formula is C21H24ClFN4O. The first-order valence-electron chi connectivity index (χ1n) is 9.68. The van der Waals surface area contributed by atoms with Gasteiger partial charge in [0.2, 0.25) is 0 Å². The van der Waals surface area contributed by atoms with Crippen LogP contribution in [0.4, 0.5) is 4.39 Å². The fourth-order valence-electron chi connectivity index (χ4n) is 3.91. The summed E-state index contributed by atoms with van der Waals surface area (Å²) >= 11 is 6.14. The molecule has 1 aliphatic heterocycles. The van der Waals surface area contributed by atoms with Gasteiger partial charge in [-0.25, -0.2) is 9.18 Å². The van der Waals surface area contributed by atoms with Gasteiger partial charge in [0.15, 0.2) is 0 Å². The Labute approximate surface area is 168 Å². The standard InChI is InChI=1S/C21H24ClFN4O/c22-17-4-3-5-18(23)16(17)14-26-11-8-15(9-12-26)24-10-13-27-20-7-2-1-6-19(20)25-21(27)28/h1-7,15,24H,8-14H2,(H,25,28). The zero-order valence-corrected chi connectivity index (χ0v) is 16.4. The number of imidazole rings is 1. The van der Waals surface area contributed by atoms with Gasteiger partial charge in [-0.1, -0.05) is 29.8 Å². The maximum Gasteiger partial charge on any atom is 0.326 e. The molecule has 2 N–H and O–H groups in total. The van der Waals surface area contributed by atoms with Crippen molar-refractivity contribution in [1.29, 1.82) is 0 Å². The van der Waals surface area contributed by atoms with Crippen LogP contribution in [0.25, 0.3) is 11.0 Å². The summed E-state index contributed by atoms with van der Waals surface area (Å²) in [5.74, 6) is -0.239. The van der Waals surface area contributed by atoms with E-state index in [0.717, 1.165) is 43.5 Å². The number of benzene rings is 2. The zero-order valence-electron chi connectivity index (χ0n) is 15.6. The van der Waals surface area contributed by atoms with Crippen LogP contribution in [0.2, 0.25) is 5.02 Å². The summed E-state index contributed by atoms with van der Waals surface area (Å²) in [7, 11) is 0. The summed E-state index contributed by atoms with van der Waals surface area (Å²) in [4.78, 5) is 17.3. The molecule has 3 aromatic rings. The van der Waals surface area contributed by atoms with Gasteiger partial charge in [-0.3, -0.25) is 9.47 Å². The predicted molar refractivity (Wildman–Crippen MR) is 110 cm³/mol. The van der Waals surface area contributed by atoms with Crippen molar-refractivity contribution in [1.82, 2.24) is 19.8 Å². The number of H-pyrrole nitrogens is 1. The van der Waals surface area contributed by atoms with Crippen LogP contribution >= 0.6 is 11.6 Å². The number of rotatable bonds is 6. The number of hydrogen-bond donors (Lipinski definition) is 2. The minimum atomic E-state index is -0.239. The lowest BCUT2D eigenvalue weighted by atomic mass is 10.0. The van der Waals surface area contributed by atoms with Crippen LogP contribution in [0, 0.1) is 5.82 Å². The molecule has 1 aliphatic rings. The van der Waals surface area contributed by atoms with Crippen LogP contribution in [-0.2, 0) is 13.1 Å². The molecule has 0 amide bonds. The molecule has 1 fully saturated rings. The third-order valence-corrected chi connectivity index (χ3v) is 5.84. The number of nitrogens with one attached hydrogen (secondary N) is 2. The Balaban J connectivity index is 1.27. The first-order chi connectivity index (χ1) is 13.6. The van der Waals surface area contributed by atoms with Crippen molar-refractivity contribution < 1.29 is 4.39 Å². The first-order valence-corrected chi connectivity index (χ1v) is 10.1. The normalized spacial score (nSPS) is 16.1. The fourth-order valence-corrected chi connectivity index (χ4v) is 4.13. The largest absolute Gasteiger partial charge is 0.326 e. The number of nitrogens with zero attached hydrogens (tertiary/aromatic N) is 2. The van der Waals surface area contributed by atoms with Gasteiger partial charge in [-0.15, -0.1) is 0 Å². The van der Waals surface area contributed by atoms with Gasteiger partial charge in [0, 0.05) is 36.3 Å². The van der Waals surface area contributed by atoms with Crippen molar-refractivity contribution in [3.63, 3.8) is 0 Å². The van der Waals surface area contributed by atoms with Crippen LogP contribution in [0.1, 0.15) is 18.4 Å². The molecule has 148 valence electrons. The van der Waals surface area contributed by atoms with Crippen LogP contribution < -0.4 is 11.0 Å². The molecule has 1 saturated heterocycles. The molecule has 0 bridgehead atoms. The topological polar surface area (TPSA) is 53.1 Å². The van der Waals surface area contributed by atoms with E-state index in [2.05, 4.69) is 15.2 Å². The third-order valence-electron chi connectivity index (χ3n) is 5.48. The lowest BCUT2D eigenvalue weighted by molar-refractivity contribution is 0.188. The molecular weight excluding hydrogens is 379 g/mol. The Bertz CT molecular complexity index is 987. The number of fused-ring (bicyclic) bond motifs is 1. The minimum Gasteiger partial charge on any atom is -0.312 e. The summed E-state index contributed by atoms with van der Waals surface area (Å²) in [6.45, 7) is 3.72. The molecule has 0 atom stereocenters. The summed E-state index contributed by atoms with van der Waals surface area (Å²) in [6.07, 6.45) is 1.99. The summed E-state index contributed by atoms with van der Waals surface area (Å²) in [5, 5.41) is 4.05. The maximum absolute atomic E-state index is 14.0. The number of hydrogen-bond acceptors (Lipinski definition) is 3. The van der Waals surface area contributed by atoms with Gasteiger partial charge in [0.05, 0.1) is 11.0 Å². The van der Waals surface area contributed by atoms with Gasteiger partial charge in [-0.05, 0) is 50.2 Å². The fraction of sp³-hybridized carbons (Fsp3) is 0.381. The highest BCUT2D eigenvalue weighted by Crippen LogP contribution is 2.22. The van der Waals surface area contributed by atoms with Crippen molar-refractivity contribution in [2.24, 2.45) is 0 Å². The lowest BCUT2D eigenvalue weighted by Gasteiger charge is -2.32. The molecule has 7 heteroatoms. The molecule has 1 aromatic heterocycles. The SMILES string of the molecule is O=c1[nH]c2ccccc2n1CCNC1CCN(Cc2c(F)cccc2Cl)CC1. The Hall–Kier alpha value is -2.15. The first kappa shape index (κ1) is 19.2. The highest BCUT2D eigenvalue weighted by molar-refractivity contribution is 6.31. The number of likely N-dealkylation sites (tertiary alicyclic amines) is 1. The third kappa shape index (κ3) is 4.14. The number of aromatic amines is 1. The van der Waals surface area contributed by atoms with E-state index in [9.17, 15) is 9.18 Å². The second kappa shape index (κ2) is 8.47. The highest BCUT2D eigenvalue weighted by Gasteiger charge is 2.20. The summed E-state index contributed by atoms with van der Waals surface area (Å²) < 4.78 is 15.7.